The van der Waals surface area contributed by atoms with E-state index in [0.29, 0.717) is 24.3 Å². The van der Waals surface area contributed by atoms with Crippen molar-refractivity contribution in [2.45, 2.75) is 6.18 Å². The molecule has 0 bridgehead atoms. The van der Waals surface area contributed by atoms with Crippen LogP contribution >= 0.6 is 0 Å². The van der Waals surface area contributed by atoms with Gasteiger partial charge in [0.2, 0.25) is 0 Å². The Morgan fingerprint density at radius 1 is 1.00 bits per heavy atom. The number of ketones is 1. The van der Waals surface area contributed by atoms with Crippen LogP contribution in [-0.2, 0) is 0 Å². The van der Waals surface area contributed by atoms with E-state index in [1.807, 2.05) is 0 Å². The Labute approximate surface area is 135 Å². The van der Waals surface area contributed by atoms with Crippen LogP contribution < -0.4 is 56.8 Å². The summed E-state index contributed by atoms with van der Waals surface area (Å²) in [7, 11) is 0. The first-order valence-electron chi connectivity index (χ1n) is 4.04. The van der Waals surface area contributed by atoms with Gasteiger partial charge in [0.1, 0.15) is 0 Å². The molecule has 0 aromatic heterocycles. The number of hydrogen-bond donors (Lipinski definition) is 0. The minimum Gasteiger partial charge on any atom is -0.445 e. The monoisotopic (exact) mass is 280 g/mol. The molecule has 0 heterocycles. The summed E-state index contributed by atoms with van der Waals surface area (Å²) in [6.07, 6.45) is -5.08. The number of hydrogen-bond acceptors (Lipinski definition) is 1. The van der Waals surface area contributed by atoms with E-state index in [2.05, 4.69) is 0 Å². The van der Waals surface area contributed by atoms with Gasteiger partial charge in [0.15, 0.2) is 0 Å². The third-order valence-corrected chi connectivity index (χ3v) is 1.81. The van der Waals surface area contributed by atoms with E-state index in [1.165, 1.54) is 0 Å². The topological polar surface area (TPSA) is 17.1 Å². The van der Waals surface area contributed by atoms with Crippen molar-refractivity contribution in [1.82, 2.24) is 0 Å². The minimum atomic E-state index is -5.26. The van der Waals surface area contributed by atoms with Gasteiger partial charge < -0.3 is 12.9 Å². The first-order valence-corrected chi connectivity index (χ1v) is 4.04. The number of halogens is 6. The molecule has 0 aliphatic carbocycles. The number of Topliss-reactive ketones (excluding diaryl/α,β-unsaturated/α-hetero) is 1. The van der Waals surface area contributed by atoms with E-state index in [1.54, 1.807) is 0 Å². The second-order valence-electron chi connectivity index (χ2n) is 3.02. The van der Waals surface area contributed by atoms with Gasteiger partial charge in [-0.2, -0.15) is 13.2 Å². The molecule has 0 saturated heterocycles. The summed E-state index contributed by atoms with van der Waals surface area (Å²) >= 11 is 0. The molecule has 88 valence electrons. The number of benzene rings is 1. The van der Waals surface area contributed by atoms with Crippen molar-refractivity contribution in [3.8, 4) is 0 Å². The molecule has 1 aromatic rings. The molecule has 1 aromatic carbocycles. The molecule has 0 radical (unpaired) electrons. The van der Waals surface area contributed by atoms with Crippen molar-refractivity contribution >= 4 is 18.2 Å². The van der Waals surface area contributed by atoms with E-state index >= 15 is 0 Å². The third kappa shape index (κ3) is 4.74. The van der Waals surface area contributed by atoms with Crippen molar-refractivity contribution in [3.05, 3.63) is 29.8 Å². The third-order valence-electron chi connectivity index (χ3n) is 1.81. The van der Waals surface area contributed by atoms with Gasteiger partial charge in [-0.25, -0.2) is 0 Å². The van der Waals surface area contributed by atoms with E-state index in [9.17, 15) is 30.9 Å². The Kier molecular flexibility index (Phi) is 5.93. The maximum absolute atomic E-state index is 12.1. The van der Waals surface area contributed by atoms with Crippen LogP contribution in [-0.4, -0.2) is 18.9 Å². The molecule has 0 N–H and O–H groups in total. The maximum Gasteiger partial charge on any atom is 1.00 e. The average molecular weight is 280 g/mol. The van der Waals surface area contributed by atoms with Gasteiger partial charge in [0.05, 0.1) is 0 Å². The van der Waals surface area contributed by atoms with Crippen LogP contribution in [0.4, 0.5) is 26.1 Å². The molecule has 0 aliphatic heterocycles. The van der Waals surface area contributed by atoms with Crippen LogP contribution in [0.25, 0.3) is 0 Å². The fraction of sp³-hybridized carbons (Fsp3) is 0.125. The summed E-state index contributed by atoms with van der Waals surface area (Å²) in [5.74, 6) is -2.16. The summed E-state index contributed by atoms with van der Waals surface area (Å²) in [5.41, 5.74) is -1.85. The quantitative estimate of drug-likeness (QED) is 0.405. The van der Waals surface area contributed by atoms with Gasteiger partial charge >= 0.3 is 64.5 Å². The van der Waals surface area contributed by atoms with Crippen molar-refractivity contribution in [2.75, 3.05) is 0 Å². The minimum absolute atomic E-state index is 0. The molecule has 0 amide bonds. The molecular formula is C8H4BF6KO. The van der Waals surface area contributed by atoms with E-state index < -0.39 is 30.0 Å². The van der Waals surface area contributed by atoms with Crippen LogP contribution in [0.5, 0.6) is 0 Å². The Morgan fingerprint density at radius 3 is 1.71 bits per heavy atom. The Morgan fingerprint density at radius 2 is 1.41 bits per heavy atom. The van der Waals surface area contributed by atoms with E-state index in [4.69, 9.17) is 0 Å². The molecule has 1 nitrogen and oxygen atoms in total. The fourth-order valence-electron chi connectivity index (χ4n) is 1.02. The Balaban J connectivity index is 0.00000256. The molecule has 0 fully saturated rings. The second-order valence-corrected chi connectivity index (χ2v) is 3.02. The first-order chi connectivity index (χ1) is 7.12. The summed E-state index contributed by atoms with van der Waals surface area (Å²) < 4.78 is 72.0. The van der Waals surface area contributed by atoms with E-state index in [0.717, 1.165) is 0 Å². The van der Waals surface area contributed by atoms with Gasteiger partial charge in [0.25, 0.3) is 5.78 Å². The van der Waals surface area contributed by atoms with Crippen molar-refractivity contribution in [1.29, 1.82) is 0 Å². The average Bonchev–Trinajstić information content (AvgIpc) is 2.14. The van der Waals surface area contributed by atoms with Crippen molar-refractivity contribution < 1.29 is 82.3 Å². The number of alkyl halides is 3. The zero-order chi connectivity index (χ0) is 12.6. The number of carbonyl (C=O) groups is 1. The first kappa shape index (κ1) is 17.2. The second kappa shape index (κ2) is 5.87. The smallest absolute Gasteiger partial charge is 0.445 e. The Hall–Kier alpha value is 0.171. The standard InChI is InChI=1S/C8H4BF6O.K/c10-8(11,12)7(16)5-1-3-6(4-2-5)9(13,14)15;/h1-4H;/q-1;+1. The van der Waals surface area contributed by atoms with Crippen LogP contribution in [0.15, 0.2) is 24.3 Å². The zero-order valence-corrected chi connectivity index (χ0v) is 11.7. The fourth-order valence-corrected chi connectivity index (χ4v) is 1.02. The van der Waals surface area contributed by atoms with Crippen LogP contribution in [0.1, 0.15) is 10.4 Å². The van der Waals surface area contributed by atoms with Crippen LogP contribution in [0, 0.1) is 0 Å². The van der Waals surface area contributed by atoms with E-state index in [-0.39, 0.29) is 51.4 Å². The molecule has 0 atom stereocenters. The summed E-state index contributed by atoms with van der Waals surface area (Å²) in [6.45, 7) is -5.26. The van der Waals surface area contributed by atoms with Crippen LogP contribution in [0.2, 0.25) is 0 Å². The predicted molar refractivity (Wildman–Crippen MR) is 45.5 cm³/mol. The molecule has 1 rings (SSSR count). The molecule has 0 spiro atoms. The molecule has 17 heavy (non-hydrogen) atoms. The zero-order valence-electron chi connectivity index (χ0n) is 8.56. The van der Waals surface area contributed by atoms with Crippen LogP contribution in [0.3, 0.4) is 0 Å². The molecular weight excluding hydrogens is 276 g/mol. The van der Waals surface area contributed by atoms with Crippen molar-refractivity contribution in [2.24, 2.45) is 0 Å². The van der Waals surface area contributed by atoms with Gasteiger partial charge in [-0.3, -0.25) is 4.79 Å². The molecule has 0 unspecified atom stereocenters. The maximum atomic E-state index is 12.1. The molecule has 9 heteroatoms. The predicted octanol–water partition coefficient (Wildman–Crippen LogP) is -0.510. The molecule has 0 saturated carbocycles. The van der Waals surface area contributed by atoms with Gasteiger partial charge in [-0.15, -0.1) is 5.46 Å². The van der Waals surface area contributed by atoms with Gasteiger partial charge in [-0.1, -0.05) is 24.3 Å². The molecule has 0 aliphatic rings. The normalized spacial score (nSPS) is 11.9. The van der Waals surface area contributed by atoms with Crippen molar-refractivity contribution in [3.63, 3.8) is 0 Å². The summed E-state index contributed by atoms with van der Waals surface area (Å²) in [5, 5.41) is 0. The Bertz CT molecular complexity index is 396. The number of rotatable bonds is 2. The summed E-state index contributed by atoms with van der Waals surface area (Å²) in [4.78, 5) is 10.6. The largest absolute Gasteiger partial charge is 1.00 e. The van der Waals surface area contributed by atoms with Gasteiger partial charge in [-0.05, 0) is 0 Å². The summed E-state index contributed by atoms with van der Waals surface area (Å²) in [6, 6.07) is 1.94. The SMILES string of the molecule is O=C(c1ccc([B-](F)(F)F)cc1)C(F)(F)F.[K+]. The number of carbonyl (C=O) groups excluding carboxylic acids is 1. The van der Waals surface area contributed by atoms with Gasteiger partial charge in [0, 0.05) is 5.56 Å².